The van der Waals surface area contributed by atoms with E-state index in [0.717, 1.165) is 26.9 Å². The molecule has 6 aromatic rings. The summed E-state index contributed by atoms with van der Waals surface area (Å²) in [5, 5.41) is 20.3. The Balaban J connectivity index is 1.18. The molecule has 0 aliphatic carbocycles. The number of nitrogens with one attached hydrogen (secondary N) is 1. The summed E-state index contributed by atoms with van der Waals surface area (Å²) in [5.74, 6) is 1.12. The maximum atomic E-state index is 12.5. The lowest BCUT2D eigenvalue weighted by Gasteiger charge is -2.10. The third-order valence-electron chi connectivity index (χ3n) is 5.54. The van der Waals surface area contributed by atoms with Gasteiger partial charge in [0.2, 0.25) is 0 Å². The Morgan fingerprint density at radius 2 is 1.80 bits per heavy atom. The molecule has 1 amide bonds. The molecule has 6 rings (SSSR count). The largest absolute Gasteiger partial charge is 0.484 e. The fourth-order valence-corrected chi connectivity index (χ4v) is 4.56. The maximum absolute atomic E-state index is 12.5. The van der Waals surface area contributed by atoms with E-state index < -0.39 is 0 Å². The number of hydrogen-bond acceptors (Lipinski definition) is 6. The van der Waals surface area contributed by atoms with E-state index in [0.29, 0.717) is 22.9 Å². The van der Waals surface area contributed by atoms with Crippen LogP contribution in [0.25, 0.3) is 38.4 Å². The Morgan fingerprint density at radius 3 is 2.69 bits per heavy atom. The van der Waals surface area contributed by atoms with Gasteiger partial charge in [-0.25, -0.2) is 0 Å². The van der Waals surface area contributed by atoms with Crippen LogP contribution in [0.1, 0.15) is 0 Å². The zero-order valence-electron chi connectivity index (χ0n) is 18.5. The first kappa shape index (κ1) is 21.0. The van der Waals surface area contributed by atoms with E-state index in [2.05, 4.69) is 15.5 Å². The van der Waals surface area contributed by atoms with Crippen LogP contribution in [0.15, 0.2) is 96.4 Å². The minimum absolute atomic E-state index is 0.0857. The molecule has 8 heteroatoms. The van der Waals surface area contributed by atoms with Crippen LogP contribution < -0.4 is 10.1 Å². The van der Waals surface area contributed by atoms with Crippen molar-refractivity contribution in [1.82, 2.24) is 19.8 Å². The molecule has 7 nitrogen and oxygen atoms in total. The number of anilines is 1. The van der Waals surface area contributed by atoms with Crippen molar-refractivity contribution in [2.45, 2.75) is 0 Å². The van der Waals surface area contributed by atoms with Crippen molar-refractivity contribution in [1.29, 1.82) is 0 Å². The number of benzene rings is 3. The van der Waals surface area contributed by atoms with Crippen LogP contribution >= 0.6 is 11.3 Å². The second-order valence-corrected chi connectivity index (χ2v) is 8.86. The molecule has 0 aliphatic heterocycles. The quantitative estimate of drug-likeness (QED) is 0.333. The van der Waals surface area contributed by atoms with E-state index in [1.54, 1.807) is 15.9 Å². The summed E-state index contributed by atoms with van der Waals surface area (Å²) in [4.78, 5) is 13.5. The fourth-order valence-electron chi connectivity index (χ4n) is 3.86. The Labute approximate surface area is 204 Å². The van der Waals surface area contributed by atoms with Crippen LogP contribution in [0, 0.1) is 0 Å². The lowest BCUT2D eigenvalue weighted by molar-refractivity contribution is -0.118. The molecular formula is C27H19N5O2S. The van der Waals surface area contributed by atoms with Gasteiger partial charge in [-0.15, -0.1) is 21.5 Å². The van der Waals surface area contributed by atoms with Gasteiger partial charge in [-0.05, 0) is 58.6 Å². The molecule has 3 heterocycles. The number of rotatable bonds is 6. The smallest absolute Gasteiger partial charge is 0.262 e. The zero-order valence-corrected chi connectivity index (χ0v) is 19.3. The van der Waals surface area contributed by atoms with Gasteiger partial charge in [-0.1, -0.05) is 48.5 Å². The van der Waals surface area contributed by atoms with Crippen molar-refractivity contribution >= 4 is 39.4 Å². The van der Waals surface area contributed by atoms with Gasteiger partial charge < -0.3 is 10.1 Å². The molecule has 0 atom stereocenters. The Hall–Kier alpha value is -4.56. The minimum Gasteiger partial charge on any atom is -0.484 e. The first-order valence-corrected chi connectivity index (χ1v) is 11.9. The summed E-state index contributed by atoms with van der Waals surface area (Å²) in [5.41, 5.74) is 2.95. The molecule has 0 spiro atoms. The number of ether oxygens (including phenoxy) is 1. The second kappa shape index (κ2) is 9.00. The average Bonchev–Trinajstić information content (AvgIpc) is 3.57. The molecule has 0 aliphatic rings. The van der Waals surface area contributed by atoms with Gasteiger partial charge in [0.1, 0.15) is 5.75 Å². The number of thiophene rings is 1. The van der Waals surface area contributed by atoms with Crippen molar-refractivity contribution in [2.24, 2.45) is 0 Å². The van der Waals surface area contributed by atoms with E-state index in [1.165, 1.54) is 0 Å². The Kier molecular flexibility index (Phi) is 5.40. The predicted molar refractivity (Wildman–Crippen MR) is 138 cm³/mol. The predicted octanol–water partition coefficient (Wildman–Crippen LogP) is 5.69. The van der Waals surface area contributed by atoms with Crippen LogP contribution in [0.4, 0.5) is 5.69 Å². The highest BCUT2D eigenvalue weighted by atomic mass is 32.1. The Morgan fingerprint density at radius 1 is 0.886 bits per heavy atom. The van der Waals surface area contributed by atoms with E-state index in [-0.39, 0.29) is 12.5 Å². The first-order valence-electron chi connectivity index (χ1n) is 11.0. The topological polar surface area (TPSA) is 81.4 Å². The summed E-state index contributed by atoms with van der Waals surface area (Å²) in [6.45, 7) is -0.0857. The van der Waals surface area contributed by atoms with Crippen molar-refractivity contribution < 1.29 is 9.53 Å². The minimum atomic E-state index is -0.238. The Bertz CT molecular complexity index is 1660. The lowest BCUT2D eigenvalue weighted by atomic mass is 10.1. The van der Waals surface area contributed by atoms with Crippen LogP contribution in [0.2, 0.25) is 0 Å². The molecule has 0 bridgehead atoms. The van der Waals surface area contributed by atoms with Gasteiger partial charge in [0.05, 0.1) is 10.6 Å². The van der Waals surface area contributed by atoms with E-state index in [9.17, 15) is 4.79 Å². The van der Waals surface area contributed by atoms with Crippen molar-refractivity contribution in [3.8, 4) is 27.7 Å². The van der Waals surface area contributed by atoms with E-state index in [4.69, 9.17) is 9.84 Å². The molecule has 3 aromatic heterocycles. The van der Waals surface area contributed by atoms with Gasteiger partial charge >= 0.3 is 0 Å². The molecule has 0 saturated carbocycles. The molecule has 3 aromatic carbocycles. The normalized spacial score (nSPS) is 11.1. The van der Waals surface area contributed by atoms with Crippen LogP contribution in [0.3, 0.4) is 0 Å². The van der Waals surface area contributed by atoms with Crippen LogP contribution in [0.5, 0.6) is 5.75 Å². The molecule has 0 radical (unpaired) electrons. The van der Waals surface area contributed by atoms with Gasteiger partial charge in [0, 0.05) is 11.3 Å². The van der Waals surface area contributed by atoms with Gasteiger partial charge in [0.15, 0.2) is 18.1 Å². The molecule has 170 valence electrons. The summed E-state index contributed by atoms with van der Waals surface area (Å²) in [7, 11) is 0. The van der Waals surface area contributed by atoms with Gasteiger partial charge in [0.25, 0.3) is 5.91 Å². The zero-order chi connectivity index (χ0) is 23.6. The number of carbonyl (C=O) groups excluding carboxylic acids is 1. The number of fused-ring (bicyclic) bond motifs is 2. The summed E-state index contributed by atoms with van der Waals surface area (Å²) in [6, 6.07) is 29.1. The highest BCUT2D eigenvalue weighted by Crippen LogP contribution is 2.26. The van der Waals surface area contributed by atoms with E-state index >= 15 is 0 Å². The number of aromatic nitrogens is 4. The summed E-state index contributed by atoms with van der Waals surface area (Å²) in [6.07, 6.45) is 0. The van der Waals surface area contributed by atoms with Crippen LogP contribution in [-0.2, 0) is 4.79 Å². The lowest BCUT2D eigenvalue weighted by Crippen LogP contribution is -2.20. The molecular weight excluding hydrogens is 458 g/mol. The first-order chi connectivity index (χ1) is 17.2. The molecule has 0 fully saturated rings. The maximum Gasteiger partial charge on any atom is 0.262 e. The molecule has 0 unspecified atom stereocenters. The highest BCUT2D eigenvalue weighted by Gasteiger charge is 2.12. The summed E-state index contributed by atoms with van der Waals surface area (Å²) < 4.78 is 7.45. The number of amides is 1. The average molecular weight is 478 g/mol. The summed E-state index contributed by atoms with van der Waals surface area (Å²) >= 11 is 1.59. The standard InChI is InChI=1S/C27H19N5O2S/c33-26(17-34-22-11-10-18-5-1-2-6-19(18)16-22)28-21-8-3-7-20(15-21)23-12-13-25-29-30-27(32(25)31-23)24-9-4-14-35-24/h1-16H,17H2,(H,28,33). The third-order valence-corrected chi connectivity index (χ3v) is 6.40. The SMILES string of the molecule is O=C(COc1ccc2ccccc2c1)Nc1cccc(-c2ccc3nnc(-c4cccs4)n3n2)c1. The number of carbonyl (C=O) groups is 1. The molecule has 35 heavy (non-hydrogen) atoms. The second-order valence-electron chi connectivity index (χ2n) is 7.92. The molecule has 0 saturated heterocycles. The van der Waals surface area contributed by atoms with Crippen molar-refractivity contribution in [3.05, 3.63) is 96.4 Å². The monoisotopic (exact) mass is 477 g/mol. The highest BCUT2D eigenvalue weighted by molar-refractivity contribution is 7.13. The fraction of sp³-hybridized carbons (Fsp3) is 0.0370. The van der Waals surface area contributed by atoms with Gasteiger partial charge in [-0.3, -0.25) is 4.79 Å². The molecule has 1 N–H and O–H groups in total. The van der Waals surface area contributed by atoms with Crippen molar-refractivity contribution in [2.75, 3.05) is 11.9 Å². The number of hydrogen-bond donors (Lipinski definition) is 1. The van der Waals surface area contributed by atoms with Crippen molar-refractivity contribution in [3.63, 3.8) is 0 Å². The number of nitrogens with zero attached hydrogens (tertiary/aromatic N) is 4. The van der Waals surface area contributed by atoms with Gasteiger partial charge in [-0.2, -0.15) is 9.61 Å². The van der Waals surface area contributed by atoms with E-state index in [1.807, 2.05) is 96.4 Å². The third kappa shape index (κ3) is 4.34. The van der Waals surface area contributed by atoms with Crippen LogP contribution in [-0.4, -0.2) is 32.3 Å².